The summed E-state index contributed by atoms with van der Waals surface area (Å²) in [6.07, 6.45) is 1.43. The Balaban J connectivity index is 1.86. The highest BCUT2D eigenvalue weighted by Crippen LogP contribution is 2.36. The summed E-state index contributed by atoms with van der Waals surface area (Å²) in [5.74, 6) is -0.677. The van der Waals surface area contributed by atoms with E-state index in [0.717, 1.165) is 5.56 Å². The van der Waals surface area contributed by atoms with Crippen molar-refractivity contribution in [1.82, 2.24) is 9.80 Å². The van der Waals surface area contributed by atoms with Crippen LogP contribution in [-0.2, 0) is 16.2 Å². The molecule has 150 valence electrons. The van der Waals surface area contributed by atoms with Gasteiger partial charge in [-0.05, 0) is 53.7 Å². The molecule has 0 aromatic heterocycles. The SMILES string of the molecule is CN1C(=O)C(=Cc2cc(Cl)c(OCc3ccc(Cl)cc3)c(Cl)c2)C(=O)N(C)C1=S. The van der Waals surface area contributed by atoms with Gasteiger partial charge in [0.25, 0.3) is 11.8 Å². The van der Waals surface area contributed by atoms with E-state index in [-0.39, 0.29) is 27.3 Å². The van der Waals surface area contributed by atoms with Crippen LogP contribution in [0.3, 0.4) is 0 Å². The van der Waals surface area contributed by atoms with Crippen LogP contribution in [0, 0.1) is 0 Å². The highest BCUT2D eigenvalue weighted by Gasteiger charge is 2.35. The lowest BCUT2D eigenvalue weighted by atomic mass is 10.1. The quantitative estimate of drug-likeness (QED) is 0.366. The van der Waals surface area contributed by atoms with E-state index in [0.29, 0.717) is 16.3 Å². The molecule has 5 nitrogen and oxygen atoms in total. The number of rotatable bonds is 4. The fourth-order valence-corrected chi connectivity index (χ4v) is 3.58. The van der Waals surface area contributed by atoms with Crippen molar-refractivity contribution in [2.45, 2.75) is 6.61 Å². The maximum Gasteiger partial charge on any atom is 0.265 e. The molecule has 2 aromatic carbocycles. The van der Waals surface area contributed by atoms with Gasteiger partial charge in [-0.25, -0.2) is 0 Å². The molecule has 0 radical (unpaired) electrons. The number of thiocarbonyl (C=S) groups is 1. The Labute approximate surface area is 188 Å². The molecule has 0 aliphatic carbocycles. The monoisotopic (exact) mass is 468 g/mol. The normalized spacial score (nSPS) is 14.5. The Morgan fingerprint density at radius 2 is 1.48 bits per heavy atom. The van der Waals surface area contributed by atoms with Gasteiger partial charge in [-0.3, -0.25) is 19.4 Å². The van der Waals surface area contributed by atoms with E-state index in [2.05, 4.69) is 0 Å². The van der Waals surface area contributed by atoms with Gasteiger partial charge in [0.05, 0.1) is 10.0 Å². The molecule has 0 spiro atoms. The summed E-state index contributed by atoms with van der Waals surface area (Å²) in [6.45, 7) is 0.251. The van der Waals surface area contributed by atoms with Crippen molar-refractivity contribution in [2.24, 2.45) is 0 Å². The van der Waals surface area contributed by atoms with E-state index >= 15 is 0 Å². The Morgan fingerprint density at radius 3 is 2.00 bits per heavy atom. The number of halogens is 3. The first-order valence-electron chi connectivity index (χ1n) is 8.37. The molecule has 0 bridgehead atoms. The number of benzene rings is 2. The number of amides is 2. The first kappa shape index (κ1) is 21.6. The molecule has 2 amide bonds. The minimum Gasteiger partial charge on any atom is -0.486 e. The van der Waals surface area contributed by atoms with Crippen molar-refractivity contribution in [3.8, 4) is 5.75 Å². The number of hydrogen-bond donors (Lipinski definition) is 0. The standard InChI is InChI=1S/C20H15Cl3N2O3S/c1-24-18(26)14(19(27)25(2)20(24)29)7-12-8-15(22)17(16(23)9-12)28-10-11-3-5-13(21)6-4-11/h3-9H,10H2,1-2H3. The molecule has 0 saturated carbocycles. The molecule has 1 fully saturated rings. The molecule has 0 atom stereocenters. The zero-order chi connectivity index (χ0) is 21.3. The van der Waals surface area contributed by atoms with E-state index in [1.54, 1.807) is 24.3 Å². The third-order valence-electron chi connectivity index (χ3n) is 4.27. The summed E-state index contributed by atoms with van der Waals surface area (Å²) in [6, 6.07) is 10.3. The maximum absolute atomic E-state index is 12.4. The minimum absolute atomic E-state index is 0.0365. The van der Waals surface area contributed by atoms with Gasteiger partial charge in [-0.15, -0.1) is 0 Å². The van der Waals surface area contributed by atoms with Crippen LogP contribution in [0.25, 0.3) is 6.08 Å². The number of likely N-dealkylation sites (N-methyl/N-ethyl adjacent to an activating group) is 2. The van der Waals surface area contributed by atoms with Crippen LogP contribution in [0.5, 0.6) is 5.75 Å². The fourth-order valence-electron chi connectivity index (χ4n) is 2.68. The van der Waals surface area contributed by atoms with Crippen molar-refractivity contribution >= 4 is 70.0 Å². The average Bonchev–Trinajstić information content (AvgIpc) is 2.69. The summed E-state index contributed by atoms with van der Waals surface area (Å²) >= 11 is 23.6. The molecule has 1 heterocycles. The number of carbonyl (C=O) groups is 2. The van der Waals surface area contributed by atoms with E-state index in [1.807, 2.05) is 12.1 Å². The van der Waals surface area contributed by atoms with E-state index in [1.165, 1.54) is 30.0 Å². The Bertz CT molecular complexity index is 989. The molecule has 0 unspecified atom stereocenters. The van der Waals surface area contributed by atoms with Crippen LogP contribution in [0.2, 0.25) is 15.1 Å². The second-order valence-corrected chi connectivity index (χ2v) is 7.91. The zero-order valence-electron chi connectivity index (χ0n) is 15.4. The third kappa shape index (κ3) is 4.56. The summed E-state index contributed by atoms with van der Waals surface area (Å²) in [5, 5.41) is 1.28. The number of ether oxygens (including phenoxy) is 1. The molecule has 9 heteroatoms. The lowest BCUT2D eigenvalue weighted by Gasteiger charge is -2.31. The molecule has 1 aliphatic rings. The molecule has 1 saturated heterocycles. The summed E-state index contributed by atoms with van der Waals surface area (Å²) in [7, 11) is 3.02. The smallest absolute Gasteiger partial charge is 0.265 e. The number of hydrogen-bond acceptors (Lipinski definition) is 4. The van der Waals surface area contributed by atoms with Gasteiger partial charge in [0.15, 0.2) is 10.9 Å². The van der Waals surface area contributed by atoms with Gasteiger partial charge in [0.2, 0.25) is 0 Å². The van der Waals surface area contributed by atoms with E-state index in [9.17, 15) is 9.59 Å². The Hall–Kier alpha value is -2.12. The van der Waals surface area contributed by atoms with Gasteiger partial charge >= 0.3 is 0 Å². The summed E-state index contributed by atoms with van der Waals surface area (Å²) in [5.41, 5.74) is 1.35. The second-order valence-electron chi connectivity index (χ2n) is 6.30. The molecular formula is C20H15Cl3N2O3S. The van der Waals surface area contributed by atoms with E-state index in [4.69, 9.17) is 51.8 Å². The minimum atomic E-state index is -0.492. The van der Waals surface area contributed by atoms with Gasteiger partial charge in [0, 0.05) is 19.1 Å². The van der Waals surface area contributed by atoms with Gasteiger partial charge in [-0.1, -0.05) is 46.9 Å². The van der Waals surface area contributed by atoms with Crippen molar-refractivity contribution in [3.63, 3.8) is 0 Å². The molecule has 0 N–H and O–H groups in total. The highest BCUT2D eigenvalue weighted by molar-refractivity contribution is 7.80. The van der Waals surface area contributed by atoms with Crippen molar-refractivity contribution in [3.05, 3.63) is 68.2 Å². The maximum atomic E-state index is 12.4. The zero-order valence-corrected chi connectivity index (χ0v) is 18.5. The lowest BCUT2D eigenvalue weighted by molar-refractivity contribution is -0.132. The van der Waals surface area contributed by atoms with Gasteiger partial charge in [0.1, 0.15) is 12.2 Å². The number of nitrogens with zero attached hydrogens (tertiary/aromatic N) is 2. The first-order valence-corrected chi connectivity index (χ1v) is 9.91. The summed E-state index contributed by atoms with van der Waals surface area (Å²) in [4.78, 5) is 27.3. The summed E-state index contributed by atoms with van der Waals surface area (Å²) < 4.78 is 5.73. The van der Waals surface area contributed by atoms with Crippen LogP contribution in [0.15, 0.2) is 42.0 Å². The van der Waals surface area contributed by atoms with Crippen molar-refractivity contribution < 1.29 is 14.3 Å². The van der Waals surface area contributed by atoms with Crippen LogP contribution in [-0.4, -0.2) is 40.8 Å². The predicted octanol–water partition coefficient (Wildman–Crippen LogP) is 4.82. The third-order valence-corrected chi connectivity index (χ3v) is 5.63. The first-order chi connectivity index (χ1) is 13.7. The van der Waals surface area contributed by atoms with Crippen LogP contribution < -0.4 is 4.74 Å². The average molecular weight is 470 g/mol. The van der Waals surface area contributed by atoms with Gasteiger partial charge in [-0.2, -0.15) is 0 Å². The predicted molar refractivity (Wildman–Crippen MR) is 118 cm³/mol. The van der Waals surface area contributed by atoms with Gasteiger partial charge < -0.3 is 4.74 Å². The van der Waals surface area contributed by atoms with Crippen LogP contribution >= 0.6 is 47.0 Å². The lowest BCUT2D eigenvalue weighted by Crippen LogP contribution is -2.52. The van der Waals surface area contributed by atoms with Crippen LogP contribution in [0.1, 0.15) is 11.1 Å². The van der Waals surface area contributed by atoms with Crippen LogP contribution in [0.4, 0.5) is 0 Å². The molecule has 1 aliphatic heterocycles. The molecule has 2 aromatic rings. The van der Waals surface area contributed by atoms with E-state index < -0.39 is 11.8 Å². The molecular weight excluding hydrogens is 455 g/mol. The molecule has 3 rings (SSSR count). The highest BCUT2D eigenvalue weighted by atomic mass is 35.5. The van der Waals surface area contributed by atoms with Crippen molar-refractivity contribution in [2.75, 3.05) is 14.1 Å². The molecule has 29 heavy (non-hydrogen) atoms. The fraction of sp³-hybridized carbons (Fsp3) is 0.150. The topological polar surface area (TPSA) is 49.9 Å². The number of carbonyl (C=O) groups excluding carboxylic acids is 2. The largest absolute Gasteiger partial charge is 0.486 e. The Morgan fingerprint density at radius 1 is 0.966 bits per heavy atom. The Kier molecular flexibility index (Phi) is 6.49. The second kappa shape index (κ2) is 8.71. The van der Waals surface area contributed by atoms with Crippen molar-refractivity contribution in [1.29, 1.82) is 0 Å².